The fourth-order valence-electron chi connectivity index (χ4n) is 2.30. The van der Waals surface area contributed by atoms with Crippen molar-refractivity contribution in [2.45, 2.75) is 17.7 Å². The molecular formula is C17H21N3O3S. The molecule has 0 saturated carbocycles. The molecule has 128 valence electrons. The van der Waals surface area contributed by atoms with E-state index in [4.69, 9.17) is 5.14 Å². The number of hydrogen-bond donors (Lipinski definition) is 2. The average Bonchev–Trinajstić information content (AvgIpc) is 2.53. The fraction of sp³-hybridized carbons (Fsp3) is 0.235. The van der Waals surface area contributed by atoms with Gasteiger partial charge in [0.1, 0.15) is 0 Å². The van der Waals surface area contributed by atoms with Crippen molar-refractivity contribution in [3.63, 3.8) is 0 Å². The van der Waals surface area contributed by atoms with E-state index in [1.165, 1.54) is 12.1 Å². The molecule has 0 unspecified atom stereocenters. The zero-order chi connectivity index (χ0) is 17.7. The highest BCUT2D eigenvalue weighted by Crippen LogP contribution is 2.27. The third kappa shape index (κ3) is 4.81. The summed E-state index contributed by atoms with van der Waals surface area (Å²) < 4.78 is 23.0. The molecule has 7 heteroatoms. The molecule has 0 fully saturated rings. The smallest absolute Gasteiger partial charge is 0.238 e. The van der Waals surface area contributed by atoms with Crippen LogP contribution in [0.5, 0.6) is 0 Å². The Labute approximate surface area is 142 Å². The highest BCUT2D eigenvalue weighted by Gasteiger charge is 2.14. The Kier molecular flexibility index (Phi) is 5.58. The van der Waals surface area contributed by atoms with Gasteiger partial charge in [0.15, 0.2) is 0 Å². The normalized spacial score (nSPS) is 11.1. The van der Waals surface area contributed by atoms with Gasteiger partial charge in [-0.2, -0.15) is 0 Å². The summed E-state index contributed by atoms with van der Waals surface area (Å²) in [5.41, 5.74) is 2.19. The number of aryl methyl sites for hydroxylation is 1. The molecule has 0 atom stereocenters. The van der Waals surface area contributed by atoms with Crippen molar-refractivity contribution in [3.8, 4) is 0 Å². The van der Waals surface area contributed by atoms with Crippen LogP contribution >= 0.6 is 0 Å². The highest BCUT2D eigenvalue weighted by molar-refractivity contribution is 7.89. The monoisotopic (exact) mass is 347 g/mol. The van der Waals surface area contributed by atoms with E-state index in [2.05, 4.69) is 5.32 Å². The third-order valence-electron chi connectivity index (χ3n) is 3.54. The Balaban J connectivity index is 2.16. The van der Waals surface area contributed by atoms with Gasteiger partial charge in [-0.25, -0.2) is 13.6 Å². The third-order valence-corrected chi connectivity index (χ3v) is 4.45. The van der Waals surface area contributed by atoms with Crippen LogP contribution in [0.3, 0.4) is 0 Å². The first-order valence-electron chi connectivity index (χ1n) is 7.45. The number of anilines is 2. The van der Waals surface area contributed by atoms with Crippen molar-refractivity contribution < 1.29 is 13.2 Å². The van der Waals surface area contributed by atoms with Gasteiger partial charge >= 0.3 is 0 Å². The molecule has 24 heavy (non-hydrogen) atoms. The van der Waals surface area contributed by atoms with Crippen LogP contribution in [-0.4, -0.2) is 28.4 Å². The number of amides is 1. The molecule has 0 aliphatic heterocycles. The lowest BCUT2D eigenvalue weighted by atomic mass is 10.1. The van der Waals surface area contributed by atoms with Crippen molar-refractivity contribution in [2.24, 2.45) is 5.14 Å². The van der Waals surface area contributed by atoms with E-state index in [9.17, 15) is 13.2 Å². The predicted octanol–water partition coefficient (Wildman–Crippen LogP) is 1.97. The van der Waals surface area contributed by atoms with Crippen molar-refractivity contribution in [3.05, 3.63) is 54.1 Å². The Morgan fingerprint density at radius 1 is 1.12 bits per heavy atom. The second-order valence-electron chi connectivity index (χ2n) is 5.65. The Morgan fingerprint density at radius 3 is 2.38 bits per heavy atom. The first kappa shape index (κ1) is 18.0. The zero-order valence-electron chi connectivity index (χ0n) is 13.7. The molecule has 3 N–H and O–H groups in total. The molecular weight excluding hydrogens is 326 g/mol. The number of carbonyl (C=O) groups is 1. The summed E-state index contributed by atoms with van der Waals surface area (Å²) in [7, 11) is -0.206. The molecule has 6 nitrogen and oxygen atoms in total. The maximum atomic E-state index is 12.2. The number of nitrogens with two attached hydrogens (primary N) is 1. The Morgan fingerprint density at radius 2 is 1.79 bits per heavy atom. The Hall–Kier alpha value is -2.38. The number of nitrogens with zero attached hydrogens (tertiary/aromatic N) is 1. The molecule has 0 bridgehead atoms. The van der Waals surface area contributed by atoms with E-state index >= 15 is 0 Å². The molecule has 2 rings (SSSR count). The van der Waals surface area contributed by atoms with E-state index in [1.807, 2.05) is 44.4 Å². The summed E-state index contributed by atoms with van der Waals surface area (Å²) in [6.07, 6.45) is 0.912. The molecule has 0 saturated heterocycles. The summed E-state index contributed by atoms with van der Waals surface area (Å²) in [6, 6.07) is 14.1. The maximum Gasteiger partial charge on any atom is 0.238 e. The first-order valence-corrected chi connectivity index (χ1v) is 9.00. The molecule has 2 aromatic carbocycles. The van der Waals surface area contributed by atoms with Crippen molar-refractivity contribution in [1.29, 1.82) is 0 Å². The number of hydrogen-bond acceptors (Lipinski definition) is 4. The summed E-state index contributed by atoms with van der Waals surface area (Å²) >= 11 is 0. The van der Waals surface area contributed by atoms with Gasteiger partial charge in [-0.1, -0.05) is 30.3 Å². The van der Waals surface area contributed by atoms with Crippen LogP contribution in [0, 0.1) is 0 Å². The van der Waals surface area contributed by atoms with Crippen LogP contribution in [0.25, 0.3) is 0 Å². The molecule has 1 amide bonds. The van der Waals surface area contributed by atoms with Gasteiger partial charge in [-0.05, 0) is 30.2 Å². The standard InChI is InChI=1S/C17H21N3O3S/c1-20(2)16-10-9-14(24(18,22)23)12-15(16)19-17(21)11-8-13-6-4-3-5-7-13/h3-7,9-10,12H,8,11H2,1-2H3,(H,19,21)(H2,18,22,23). The summed E-state index contributed by atoms with van der Waals surface area (Å²) in [5, 5.41) is 7.94. The first-order chi connectivity index (χ1) is 11.3. The second-order valence-corrected chi connectivity index (χ2v) is 7.21. The van der Waals surface area contributed by atoms with Crippen LogP contribution < -0.4 is 15.4 Å². The van der Waals surface area contributed by atoms with Crippen LogP contribution in [0.1, 0.15) is 12.0 Å². The largest absolute Gasteiger partial charge is 0.376 e. The minimum Gasteiger partial charge on any atom is -0.376 e. The maximum absolute atomic E-state index is 12.2. The van der Waals surface area contributed by atoms with Crippen LogP contribution in [0.15, 0.2) is 53.4 Å². The lowest BCUT2D eigenvalue weighted by Gasteiger charge is -2.18. The second kappa shape index (κ2) is 7.46. The molecule has 0 aliphatic rings. The summed E-state index contributed by atoms with van der Waals surface area (Å²) in [6.45, 7) is 0. The molecule has 0 spiro atoms. The van der Waals surface area contributed by atoms with Gasteiger partial charge in [0.05, 0.1) is 16.3 Å². The number of rotatable bonds is 6. The van der Waals surface area contributed by atoms with Crippen LogP contribution in [0.4, 0.5) is 11.4 Å². The zero-order valence-corrected chi connectivity index (χ0v) is 14.5. The molecule has 0 heterocycles. The van der Waals surface area contributed by atoms with Crippen LogP contribution in [-0.2, 0) is 21.2 Å². The van der Waals surface area contributed by atoms with Crippen molar-refractivity contribution in [2.75, 3.05) is 24.3 Å². The average molecular weight is 347 g/mol. The number of primary sulfonamides is 1. The fourth-order valence-corrected chi connectivity index (χ4v) is 2.84. The van der Waals surface area contributed by atoms with E-state index in [0.717, 1.165) is 5.56 Å². The van der Waals surface area contributed by atoms with Gasteiger partial charge in [-0.15, -0.1) is 0 Å². The van der Waals surface area contributed by atoms with Gasteiger partial charge in [0, 0.05) is 20.5 Å². The van der Waals surface area contributed by atoms with Crippen molar-refractivity contribution in [1.82, 2.24) is 0 Å². The predicted molar refractivity (Wildman–Crippen MR) is 95.5 cm³/mol. The highest BCUT2D eigenvalue weighted by atomic mass is 32.2. The van der Waals surface area contributed by atoms with Gasteiger partial charge in [0.2, 0.25) is 15.9 Å². The lowest BCUT2D eigenvalue weighted by Crippen LogP contribution is -2.19. The van der Waals surface area contributed by atoms with Crippen molar-refractivity contribution >= 4 is 27.3 Å². The quantitative estimate of drug-likeness (QED) is 0.835. The molecule has 0 radical (unpaired) electrons. The van der Waals surface area contributed by atoms with Crippen LogP contribution in [0.2, 0.25) is 0 Å². The number of carbonyl (C=O) groups excluding carboxylic acids is 1. The molecule has 2 aromatic rings. The lowest BCUT2D eigenvalue weighted by molar-refractivity contribution is -0.116. The minimum absolute atomic E-state index is 0.0357. The van der Waals surface area contributed by atoms with Gasteiger partial charge in [0.25, 0.3) is 0 Å². The van der Waals surface area contributed by atoms with Gasteiger partial charge in [-0.3, -0.25) is 4.79 Å². The number of benzene rings is 2. The molecule has 0 aromatic heterocycles. The minimum atomic E-state index is -3.83. The van der Waals surface area contributed by atoms with E-state index < -0.39 is 10.0 Å². The van der Waals surface area contributed by atoms with E-state index in [0.29, 0.717) is 24.2 Å². The topological polar surface area (TPSA) is 92.5 Å². The van der Waals surface area contributed by atoms with E-state index in [-0.39, 0.29) is 10.8 Å². The SMILES string of the molecule is CN(C)c1ccc(S(N)(=O)=O)cc1NC(=O)CCc1ccccc1. The molecule has 0 aliphatic carbocycles. The summed E-state index contributed by atoms with van der Waals surface area (Å²) in [4.78, 5) is 14.0. The summed E-state index contributed by atoms with van der Waals surface area (Å²) in [5.74, 6) is -0.187. The van der Waals surface area contributed by atoms with E-state index in [1.54, 1.807) is 11.0 Å². The van der Waals surface area contributed by atoms with Gasteiger partial charge < -0.3 is 10.2 Å². The number of nitrogens with one attached hydrogen (secondary N) is 1. The Bertz CT molecular complexity index is 818. The number of sulfonamides is 1.